The molecule has 1 aromatic heterocycles. The minimum Gasteiger partial charge on any atom is -0.497 e. The average molecular weight is 407 g/mol. The molecule has 0 aliphatic carbocycles. The Morgan fingerprint density at radius 1 is 0.931 bits per heavy atom. The Morgan fingerprint density at radius 2 is 1.62 bits per heavy atom. The summed E-state index contributed by atoms with van der Waals surface area (Å²) in [6.45, 7) is 2.32. The van der Waals surface area contributed by atoms with Gasteiger partial charge in [-0.3, -0.25) is 0 Å². The van der Waals surface area contributed by atoms with Crippen molar-refractivity contribution in [1.82, 2.24) is 0 Å². The minimum atomic E-state index is -0.385. The summed E-state index contributed by atoms with van der Waals surface area (Å²) in [6.07, 6.45) is 0. The van der Waals surface area contributed by atoms with Crippen LogP contribution < -0.4 is 15.1 Å². The van der Waals surface area contributed by atoms with Gasteiger partial charge in [-0.05, 0) is 60.0 Å². The van der Waals surface area contributed by atoms with Crippen molar-refractivity contribution in [3.63, 3.8) is 0 Å². The molecule has 29 heavy (non-hydrogen) atoms. The molecule has 3 aromatic carbocycles. The fourth-order valence-corrected chi connectivity index (χ4v) is 3.39. The van der Waals surface area contributed by atoms with Crippen molar-refractivity contribution < 1.29 is 13.9 Å². The highest BCUT2D eigenvalue weighted by Crippen LogP contribution is 2.29. The zero-order valence-corrected chi connectivity index (χ0v) is 16.8. The first-order valence-electron chi connectivity index (χ1n) is 9.14. The van der Waals surface area contributed by atoms with Crippen molar-refractivity contribution in [3.05, 3.63) is 93.3 Å². The number of aryl methyl sites for hydroxylation is 1. The van der Waals surface area contributed by atoms with E-state index in [0.29, 0.717) is 28.5 Å². The van der Waals surface area contributed by atoms with Gasteiger partial charge in [-0.25, -0.2) is 4.79 Å². The first kappa shape index (κ1) is 19.1. The van der Waals surface area contributed by atoms with Crippen molar-refractivity contribution in [2.75, 3.05) is 7.11 Å². The van der Waals surface area contributed by atoms with Crippen molar-refractivity contribution >= 4 is 22.6 Å². The molecule has 0 aliphatic rings. The van der Waals surface area contributed by atoms with Gasteiger partial charge in [-0.1, -0.05) is 35.9 Å². The lowest BCUT2D eigenvalue weighted by Crippen LogP contribution is -2.06. The molecule has 0 fully saturated rings. The van der Waals surface area contributed by atoms with Crippen LogP contribution in [0.2, 0.25) is 5.02 Å². The van der Waals surface area contributed by atoms with E-state index in [1.807, 2.05) is 55.5 Å². The van der Waals surface area contributed by atoms with Crippen LogP contribution in [0.3, 0.4) is 0 Å². The van der Waals surface area contributed by atoms with E-state index < -0.39 is 0 Å². The second-order valence-electron chi connectivity index (χ2n) is 6.69. The van der Waals surface area contributed by atoms with Gasteiger partial charge in [-0.15, -0.1) is 0 Å². The number of hydrogen-bond donors (Lipinski definition) is 0. The van der Waals surface area contributed by atoms with Crippen LogP contribution in [0.25, 0.3) is 22.1 Å². The van der Waals surface area contributed by atoms with Crippen LogP contribution in [0, 0.1) is 6.92 Å². The lowest BCUT2D eigenvalue weighted by molar-refractivity contribution is 0.306. The first-order valence-corrected chi connectivity index (χ1v) is 9.52. The highest BCUT2D eigenvalue weighted by molar-refractivity contribution is 6.30. The molecule has 1 heterocycles. The minimum absolute atomic E-state index is 0.385. The summed E-state index contributed by atoms with van der Waals surface area (Å²) in [6, 6.07) is 20.4. The molecular formula is C24H19ClO4. The highest BCUT2D eigenvalue weighted by Gasteiger charge is 2.14. The maximum Gasteiger partial charge on any atom is 0.344 e. The maximum atomic E-state index is 12.6. The highest BCUT2D eigenvalue weighted by atomic mass is 35.5. The Kier molecular flexibility index (Phi) is 5.28. The fourth-order valence-electron chi connectivity index (χ4n) is 3.26. The molecule has 0 radical (unpaired) electrons. The van der Waals surface area contributed by atoms with Crippen LogP contribution >= 0.6 is 11.6 Å². The van der Waals surface area contributed by atoms with Gasteiger partial charge >= 0.3 is 5.63 Å². The van der Waals surface area contributed by atoms with Gasteiger partial charge in [-0.2, -0.15) is 0 Å². The van der Waals surface area contributed by atoms with Crippen LogP contribution in [0.4, 0.5) is 0 Å². The molecule has 4 aromatic rings. The molecule has 4 nitrogen and oxygen atoms in total. The molecular weight excluding hydrogens is 388 g/mol. The van der Waals surface area contributed by atoms with Crippen LogP contribution in [-0.2, 0) is 6.61 Å². The molecule has 0 aliphatic heterocycles. The van der Waals surface area contributed by atoms with Crippen LogP contribution in [0.1, 0.15) is 11.1 Å². The van der Waals surface area contributed by atoms with Crippen molar-refractivity contribution in [1.29, 1.82) is 0 Å². The summed E-state index contributed by atoms with van der Waals surface area (Å²) < 4.78 is 16.6. The summed E-state index contributed by atoms with van der Waals surface area (Å²) in [7, 11) is 1.63. The second kappa shape index (κ2) is 8.02. The molecule has 0 N–H and O–H groups in total. The molecule has 0 spiro atoms. The predicted octanol–water partition coefficient (Wildman–Crippen LogP) is 6.01. The summed E-state index contributed by atoms with van der Waals surface area (Å²) >= 11 is 5.96. The Bertz CT molecular complexity index is 1210. The van der Waals surface area contributed by atoms with Crippen LogP contribution in [-0.4, -0.2) is 7.11 Å². The van der Waals surface area contributed by atoms with Gasteiger partial charge in [0.15, 0.2) is 0 Å². The second-order valence-corrected chi connectivity index (χ2v) is 7.13. The summed E-state index contributed by atoms with van der Waals surface area (Å²) in [5, 5.41) is 1.49. The number of benzene rings is 3. The molecule has 0 unspecified atom stereocenters. The lowest BCUT2D eigenvalue weighted by Gasteiger charge is -2.11. The predicted molar refractivity (Wildman–Crippen MR) is 115 cm³/mol. The number of hydrogen-bond acceptors (Lipinski definition) is 4. The van der Waals surface area contributed by atoms with Crippen LogP contribution in [0.15, 0.2) is 75.9 Å². The van der Waals surface area contributed by atoms with Crippen molar-refractivity contribution in [3.8, 4) is 22.6 Å². The third-order valence-corrected chi connectivity index (χ3v) is 5.09. The van der Waals surface area contributed by atoms with Gasteiger partial charge in [0, 0.05) is 16.5 Å². The third kappa shape index (κ3) is 3.98. The van der Waals surface area contributed by atoms with E-state index in [4.69, 9.17) is 25.5 Å². The summed E-state index contributed by atoms with van der Waals surface area (Å²) in [5.41, 5.74) is 3.31. The maximum absolute atomic E-state index is 12.6. The van der Waals surface area contributed by atoms with E-state index in [9.17, 15) is 4.79 Å². The molecule has 0 amide bonds. The Balaban J connectivity index is 1.63. The van der Waals surface area contributed by atoms with Crippen molar-refractivity contribution in [2.45, 2.75) is 13.5 Å². The molecule has 0 bridgehead atoms. The Labute approximate surface area is 173 Å². The van der Waals surface area contributed by atoms with E-state index in [1.165, 1.54) is 0 Å². The molecule has 0 atom stereocenters. The number of rotatable bonds is 5. The molecule has 4 rings (SSSR count). The molecule has 146 valence electrons. The average Bonchev–Trinajstić information content (AvgIpc) is 2.73. The zero-order chi connectivity index (χ0) is 20.4. The zero-order valence-electron chi connectivity index (χ0n) is 16.1. The Morgan fingerprint density at radius 3 is 2.31 bits per heavy atom. The lowest BCUT2D eigenvalue weighted by atomic mass is 10.00. The SMILES string of the molecule is COc1ccc(COc2ccc3c(C)c(-c4ccc(Cl)cc4)c(=O)oc3c2)cc1. The van der Waals surface area contributed by atoms with E-state index in [1.54, 1.807) is 25.3 Å². The topological polar surface area (TPSA) is 48.7 Å². The number of ether oxygens (including phenoxy) is 2. The largest absolute Gasteiger partial charge is 0.497 e. The normalized spacial score (nSPS) is 10.9. The monoisotopic (exact) mass is 406 g/mol. The van der Waals surface area contributed by atoms with Crippen LogP contribution in [0.5, 0.6) is 11.5 Å². The summed E-state index contributed by atoms with van der Waals surface area (Å²) in [4.78, 5) is 12.6. The van der Waals surface area contributed by atoms with Gasteiger partial charge in [0.2, 0.25) is 0 Å². The van der Waals surface area contributed by atoms with Gasteiger partial charge < -0.3 is 13.9 Å². The third-order valence-electron chi connectivity index (χ3n) is 4.84. The number of methoxy groups -OCH3 is 1. The molecule has 5 heteroatoms. The summed E-state index contributed by atoms with van der Waals surface area (Å²) in [5.74, 6) is 1.43. The smallest absolute Gasteiger partial charge is 0.344 e. The van der Waals surface area contributed by atoms with Gasteiger partial charge in [0.25, 0.3) is 0 Å². The van der Waals surface area contributed by atoms with Gasteiger partial charge in [0.1, 0.15) is 23.7 Å². The molecule has 0 saturated heterocycles. The quantitative estimate of drug-likeness (QED) is 0.381. The van der Waals surface area contributed by atoms with Crippen molar-refractivity contribution in [2.24, 2.45) is 0 Å². The first-order chi connectivity index (χ1) is 14.0. The number of fused-ring (bicyclic) bond motifs is 1. The standard InChI is InChI=1S/C24H19ClO4/c1-15-21-12-11-20(28-14-16-3-9-19(27-2)10-4-16)13-22(21)29-24(26)23(15)17-5-7-18(25)8-6-17/h3-13H,14H2,1-2H3. The van der Waals surface area contributed by atoms with E-state index in [2.05, 4.69) is 0 Å². The fraction of sp³-hybridized carbons (Fsp3) is 0.125. The van der Waals surface area contributed by atoms with E-state index in [-0.39, 0.29) is 5.63 Å². The van der Waals surface area contributed by atoms with E-state index >= 15 is 0 Å². The Hall–Kier alpha value is -3.24. The van der Waals surface area contributed by atoms with E-state index in [0.717, 1.165) is 27.8 Å². The van der Waals surface area contributed by atoms with Gasteiger partial charge in [0.05, 0.1) is 12.7 Å². The molecule has 0 saturated carbocycles. The number of halogens is 1.